The van der Waals surface area contributed by atoms with Crippen molar-refractivity contribution in [3.63, 3.8) is 0 Å². The Hall–Kier alpha value is -2.10. The van der Waals surface area contributed by atoms with E-state index in [0.29, 0.717) is 6.54 Å². The van der Waals surface area contributed by atoms with E-state index in [1.54, 1.807) is 0 Å². The smallest absolute Gasteiger partial charge is 0.351 e. The molecule has 0 fully saturated rings. The molecule has 1 aromatic rings. The van der Waals surface area contributed by atoms with Gasteiger partial charge < -0.3 is 10.5 Å². The molecule has 0 aliphatic rings. The largest absolute Gasteiger partial charge is 0.477 e. The SMILES string of the molecule is C/C(=C/CN/N=C(/C)C(=O)O)c1ccccc1. The van der Waals surface area contributed by atoms with Crippen LogP contribution in [0.2, 0.25) is 0 Å². The van der Waals surface area contributed by atoms with Gasteiger partial charge in [0, 0.05) is 0 Å². The normalized spacial score (nSPS) is 12.4. The number of hydrogen-bond acceptors (Lipinski definition) is 3. The highest BCUT2D eigenvalue weighted by Crippen LogP contribution is 2.11. The monoisotopic (exact) mass is 232 g/mol. The van der Waals surface area contributed by atoms with Gasteiger partial charge in [0.2, 0.25) is 0 Å². The lowest BCUT2D eigenvalue weighted by molar-refractivity contribution is -0.129. The molecule has 4 nitrogen and oxygen atoms in total. The zero-order valence-electron chi connectivity index (χ0n) is 9.97. The quantitative estimate of drug-likeness (QED) is 0.464. The highest BCUT2D eigenvalue weighted by Gasteiger charge is 1.99. The van der Waals surface area contributed by atoms with Gasteiger partial charge in [0.15, 0.2) is 0 Å². The minimum Gasteiger partial charge on any atom is -0.477 e. The van der Waals surface area contributed by atoms with Crippen molar-refractivity contribution in [3.8, 4) is 0 Å². The van der Waals surface area contributed by atoms with Gasteiger partial charge >= 0.3 is 5.97 Å². The topological polar surface area (TPSA) is 61.7 Å². The van der Waals surface area contributed by atoms with Crippen molar-refractivity contribution in [3.05, 3.63) is 42.0 Å². The molecule has 0 aliphatic heterocycles. The molecule has 17 heavy (non-hydrogen) atoms. The highest BCUT2D eigenvalue weighted by atomic mass is 16.4. The minimum absolute atomic E-state index is 0.0516. The van der Waals surface area contributed by atoms with Gasteiger partial charge in [-0.25, -0.2) is 4.79 Å². The van der Waals surface area contributed by atoms with Crippen molar-refractivity contribution >= 4 is 17.3 Å². The van der Waals surface area contributed by atoms with E-state index < -0.39 is 5.97 Å². The Balaban J connectivity index is 2.50. The van der Waals surface area contributed by atoms with E-state index in [1.807, 2.05) is 43.3 Å². The number of allylic oxidation sites excluding steroid dienone is 1. The van der Waals surface area contributed by atoms with E-state index in [4.69, 9.17) is 5.11 Å². The van der Waals surface area contributed by atoms with Crippen LogP contribution in [0.15, 0.2) is 41.5 Å². The predicted octanol–water partition coefficient (Wildman–Crippen LogP) is 2.14. The number of nitrogens with zero attached hydrogens (tertiary/aromatic N) is 1. The third-order valence-corrected chi connectivity index (χ3v) is 2.28. The van der Waals surface area contributed by atoms with Crippen molar-refractivity contribution in [1.29, 1.82) is 0 Å². The van der Waals surface area contributed by atoms with Gasteiger partial charge in [0.25, 0.3) is 0 Å². The molecule has 90 valence electrons. The number of carboxylic acid groups (broad SMARTS) is 1. The summed E-state index contributed by atoms with van der Waals surface area (Å²) in [5.74, 6) is -1.01. The van der Waals surface area contributed by atoms with Crippen LogP contribution in [0.4, 0.5) is 0 Å². The van der Waals surface area contributed by atoms with E-state index in [1.165, 1.54) is 6.92 Å². The molecule has 0 unspecified atom stereocenters. The summed E-state index contributed by atoms with van der Waals surface area (Å²) in [5, 5.41) is 12.3. The average molecular weight is 232 g/mol. The molecule has 1 rings (SSSR count). The van der Waals surface area contributed by atoms with Crippen LogP contribution in [-0.4, -0.2) is 23.3 Å². The van der Waals surface area contributed by atoms with Crippen molar-refractivity contribution in [2.45, 2.75) is 13.8 Å². The fourth-order valence-corrected chi connectivity index (χ4v) is 1.23. The Labute approximate surface area is 101 Å². The summed E-state index contributed by atoms with van der Waals surface area (Å²) in [6.07, 6.45) is 1.97. The van der Waals surface area contributed by atoms with Crippen LogP contribution < -0.4 is 5.43 Å². The first-order valence-corrected chi connectivity index (χ1v) is 5.34. The first-order valence-electron chi connectivity index (χ1n) is 5.34. The van der Waals surface area contributed by atoms with E-state index in [2.05, 4.69) is 10.5 Å². The summed E-state index contributed by atoms with van der Waals surface area (Å²) < 4.78 is 0. The van der Waals surface area contributed by atoms with Crippen molar-refractivity contribution < 1.29 is 9.90 Å². The van der Waals surface area contributed by atoms with E-state index in [0.717, 1.165) is 11.1 Å². The number of carbonyl (C=O) groups is 1. The number of benzene rings is 1. The van der Waals surface area contributed by atoms with Crippen molar-refractivity contribution in [2.75, 3.05) is 6.54 Å². The first-order chi connectivity index (χ1) is 8.11. The van der Waals surface area contributed by atoms with Crippen molar-refractivity contribution in [2.24, 2.45) is 5.10 Å². The van der Waals surface area contributed by atoms with Gasteiger partial charge in [0.05, 0.1) is 6.54 Å². The van der Waals surface area contributed by atoms with Crippen LogP contribution in [0.25, 0.3) is 5.57 Å². The fraction of sp³-hybridized carbons (Fsp3) is 0.231. The number of rotatable bonds is 5. The van der Waals surface area contributed by atoms with Crippen LogP contribution in [0, 0.1) is 0 Å². The Morgan fingerprint density at radius 3 is 2.59 bits per heavy atom. The summed E-state index contributed by atoms with van der Waals surface area (Å²) in [6, 6.07) is 9.98. The number of hydrazone groups is 1. The highest BCUT2D eigenvalue weighted by molar-refractivity contribution is 6.34. The van der Waals surface area contributed by atoms with Gasteiger partial charge in [-0.3, -0.25) is 0 Å². The zero-order valence-corrected chi connectivity index (χ0v) is 9.97. The molecular formula is C13H16N2O2. The molecule has 0 heterocycles. The first kappa shape index (κ1) is 13.0. The molecule has 0 aromatic heterocycles. The van der Waals surface area contributed by atoms with Gasteiger partial charge in [-0.1, -0.05) is 36.4 Å². The molecule has 0 aliphatic carbocycles. The molecular weight excluding hydrogens is 216 g/mol. The Bertz CT molecular complexity index is 436. The van der Waals surface area contributed by atoms with Gasteiger partial charge in [-0.15, -0.1) is 0 Å². The van der Waals surface area contributed by atoms with Crippen LogP contribution in [0.3, 0.4) is 0 Å². The third kappa shape index (κ3) is 4.51. The Morgan fingerprint density at radius 1 is 1.35 bits per heavy atom. The molecule has 0 saturated heterocycles. The molecule has 0 atom stereocenters. The zero-order chi connectivity index (χ0) is 12.7. The molecule has 0 spiro atoms. The Kier molecular flexibility index (Phi) is 4.94. The Morgan fingerprint density at radius 2 is 2.00 bits per heavy atom. The maximum absolute atomic E-state index is 10.5. The lowest BCUT2D eigenvalue weighted by atomic mass is 10.1. The van der Waals surface area contributed by atoms with E-state index >= 15 is 0 Å². The number of nitrogens with one attached hydrogen (secondary N) is 1. The minimum atomic E-state index is -1.01. The van der Waals surface area contributed by atoms with E-state index in [9.17, 15) is 4.79 Å². The molecule has 0 amide bonds. The summed E-state index contributed by atoms with van der Waals surface area (Å²) in [6.45, 7) is 3.96. The molecule has 0 radical (unpaired) electrons. The second-order valence-electron chi connectivity index (χ2n) is 3.62. The lowest BCUT2D eigenvalue weighted by Crippen LogP contribution is -2.15. The fourth-order valence-electron chi connectivity index (χ4n) is 1.23. The van der Waals surface area contributed by atoms with E-state index in [-0.39, 0.29) is 5.71 Å². The van der Waals surface area contributed by atoms with Crippen LogP contribution in [0.5, 0.6) is 0 Å². The standard InChI is InChI=1S/C13H16N2O2/c1-10(12-6-4-3-5-7-12)8-9-14-15-11(2)13(16)17/h3-8,14H,9H2,1-2H3,(H,16,17)/b10-8-,15-11-. The summed E-state index contributed by atoms with van der Waals surface area (Å²) in [4.78, 5) is 10.5. The summed E-state index contributed by atoms with van der Waals surface area (Å²) in [7, 11) is 0. The maximum atomic E-state index is 10.5. The summed E-state index contributed by atoms with van der Waals surface area (Å²) >= 11 is 0. The van der Waals surface area contributed by atoms with Crippen LogP contribution >= 0.6 is 0 Å². The molecule has 2 N–H and O–H groups in total. The van der Waals surface area contributed by atoms with Gasteiger partial charge in [-0.05, 0) is 25.0 Å². The van der Waals surface area contributed by atoms with Crippen molar-refractivity contribution in [1.82, 2.24) is 5.43 Å². The number of hydrogen-bond donors (Lipinski definition) is 2. The van der Waals surface area contributed by atoms with Gasteiger partial charge in [-0.2, -0.15) is 5.10 Å². The third-order valence-electron chi connectivity index (χ3n) is 2.28. The lowest BCUT2D eigenvalue weighted by Gasteiger charge is -2.01. The molecule has 0 saturated carbocycles. The number of carboxylic acids is 1. The molecule has 0 bridgehead atoms. The summed E-state index contributed by atoms with van der Waals surface area (Å²) in [5.41, 5.74) is 5.02. The maximum Gasteiger partial charge on any atom is 0.351 e. The van der Waals surface area contributed by atoms with Gasteiger partial charge in [0.1, 0.15) is 5.71 Å². The number of aliphatic carboxylic acids is 1. The molecule has 1 aromatic carbocycles. The molecule has 4 heteroatoms. The second-order valence-corrected chi connectivity index (χ2v) is 3.62. The average Bonchev–Trinajstić information content (AvgIpc) is 2.35. The second kappa shape index (κ2) is 6.48. The van der Waals surface area contributed by atoms with Crippen LogP contribution in [0.1, 0.15) is 19.4 Å². The predicted molar refractivity (Wildman–Crippen MR) is 68.8 cm³/mol. The van der Waals surface area contributed by atoms with Crippen LogP contribution in [-0.2, 0) is 4.79 Å².